The molecule has 0 bridgehead atoms. The van der Waals surface area contributed by atoms with Crippen LogP contribution in [0, 0.1) is 0 Å². The van der Waals surface area contributed by atoms with Gasteiger partial charge >= 0.3 is 0 Å². The van der Waals surface area contributed by atoms with E-state index in [1.54, 1.807) is 23.1 Å². The van der Waals surface area contributed by atoms with E-state index in [-0.39, 0.29) is 11.8 Å². The molecule has 2 aliphatic rings. The van der Waals surface area contributed by atoms with Gasteiger partial charge in [0.2, 0.25) is 5.91 Å². The number of nitrogens with one attached hydrogen (secondary N) is 1. The molecule has 0 saturated carbocycles. The highest BCUT2D eigenvalue weighted by molar-refractivity contribution is 6.34. The topological polar surface area (TPSA) is 80.1 Å². The molecule has 0 spiro atoms. The molecule has 2 aliphatic heterocycles. The fraction of sp³-hybridized carbons (Fsp3) is 0.474. The molecule has 1 fully saturated rings. The molecule has 8 heteroatoms. The van der Waals surface area contributed by atoms with Crippen molar-refractivity contribution in [2.45, 2.75) is 51.6 Å². The average Bonchev–Trinajstić information content (AvgIpc) is 3.18. The molecule has 0 atom stereocenters. The molecule has 3 heterocycles. The predicted molar refractivity (Wildman–Crippen MR) is 102 cm³/mol. The Morgan fingerprint density at radius 1 is 1.11 bits per heavy atom. The van der Waals surface area contributed by atoms with Crippen molar-refractivity contribution < 1.29 is 9.59 Å². The molecule has 0 aliphatic carbocycles. The zero-order valence-electron chi connectivity index (χ0n) is 15.1. The molecule has 0 radical (unpaired) electrons. The number of amides is 2. The number of hydrogen-bond acceptors (Lipinski definition) is 4. The summed E-state index contributed by atoms with van der Waals surface area (Å²) in [5.74, 6) is 1.60. The Morgan fingerprint density at radius 2 is 2.00 bits per heavy atom. The lowest BCUT2D eigenvalue weighted by molar-refractivity contribution is -0.117. The molecular weight excluding hydrogens is 366 g/mol. The number of fused-ring (bicyclic) bond motifs is 1. The van der Waals surface area contributed by atoms with Crippen LogP contribution in [0.15, 0.2) is 18.2 Å². The SMILES string of the molecule is O=C(NCc1nnc2n1CCCCC2)c1ccc(Cl)c(N2CCCC2=O)c1. The summed E-state index contributed by atoms with van der Waals surface area (Å²) in [6.07, 6.45) is 5.70. The van der Waals surface area contributed by atoms with Gasteiger partial charge in [-0.15, -0.1) is 10.2 Å². The van der Waals surface area contributed by atoms with Gasteiger partial charge < -0.3 is 14.8 Å². The summed E-state index contributed by atoms with van der Waals surface area (Å²) in [4.78, 5) is 26.3. The van der Waals surface area contributed by atoms with Gasteiger partial charge in [-0.3, -0.25) is 9.59 Å². The predicted octanol–water partition coefficient (Wildman–Crippen LogP) is 2.71. The van der Waals surface area contributed by atoms with E-state index in [0.29, 0.717) is 35.8 Å². The minimum Gasteiger partial charge on any atom is -0.345 e. The molecule has 1 aromatic carbocycles. The molecule has 1 N–H and O–H groups in total. The van der Waals surface area contributed by atoms with E-state index in [9.17, 15) is 9.59 Å². The van der Waals surface area contributed by atoms with Crippen LogP contribution in [0.1, 0.15) is 54.1 Å². The molecule has 2 aromatic rings. The normalized spacial score (nSPS) is 16.9. The summed E-state index contributed by atoms with van der Waals surface area (Å²) in [7, 11) is 0. The second-order valence-electron chi connectivity index (χ2n) is 6.99. The van der Waals surface area contributed by atoms with Gasteiger partial charge in [-0.1, -0.05) is 18.0 Å². The molecule has 2 amide bonds. The fourth-order valence-electron chi connectivity index (χ4n) is 3.70. The van der Waals surface area contributed by atoms with Crippen molar-refractivity contribution in [1.29, 1.82) is 0 Å². The standard InChI is InChI=1S/C19H22ClN5O2/c20-14-8-7-13(11-15(14)24-10-4-6-18(24)26)19(27)21-12-17-23-22-16-5-2-1-3-9-25(16)17/h7-8,11H,1-6,9-10,12H2,(H,21,27). The Kier molecular flexibility index (Phi) is 5.11. The zero-order chi connectivity index (χ0) is 18.8. The van der Waals surface area contributed by atoms with Crippen molar-refractivity contribution in [2.24, 2.45) is 0 Å². The van der Waals surface area contributed by atoms with E-state index in [2.05, 4.69) is 20.1 Å². The van der Waals surface area contributed by atoms with Crippen molar-refractivity contribution in [2.75, 3.05) is 11.4 Å². The van der Waals surface area contributed by atoms with E-state index in [1.807, 2.05) is 0 Å². The Balaban J connectivity index is 1.47. The fourth-order valence-corrected chi connectivity index (χ4v) is 3.92. The van der Waals surface area contributed by atoms with E-state index in [4.69, 9.17) is 11.6 Å². The van der Waals surface area contributed by atoms with Crippen molar-refractivity contribution in [3.63, 3.8) is 0 Å². The van der Waals surface area contributed by atoms with Crippen LogP contribution in [0.5, 0.6) is 0 Å². The molecule has 7 nitrogen and oxygen atoms in total. The van der Waals surface area contributed by atoms with Crippen molar-refractivity contribution >= 4 is 29.1 Å². The molecule has 0 unspecified atom stereocenters. The maximum absolute atomic E-state index is 12.6. The quantitative estimate of drug-likeness (QED) is 0.874. The Morgan fingerprint density at radius 3 is 2.81 bits per heavy atom. The first-order valence-electron chi connectivity index (χ1n) is 9.42. The van der Waals surface area contributed by atoms with Gasteiger partial charge in [0.1, 0.15) is 5.82 Å². The third-order valence-electron chi connectivity index (χ3n) is 5.17. The number of anilines is 1. The zero-order valence-corrected chi connectivity index (χ0v) is 15.8. The first-order chi connectivity index (χ1) is 13.1. The third kappa shape index (κ3) is 3.69. The van der Waals surface area contributed by atoms with Gasteiger partial charge in [0.15, 0.2) is 5.82 Å². The first kappa shape index (κ1) is 18.0. The number of aryl methyl sites for hydroxylation is 1. The largest absolute Gasteiger partial charge is 0.345 e. The minimum atomic E-state index is -0.217. The highest BCUT2D eigenvalue weighted by Crippen LogP contribution is 2.30. The maximum atomic E-state index is 12.6. The molecule has 4 rings (SSSR count). The van der Waals surface area contributed by atoms with E-state index >= 15 is 0 Å². The monoisotopic (exact) mass is 387 g/mol. The van der Waals surface area contributed by atoms with Crippen LogP contribution >= 0.6 is 11.6 Å². The van der Waals surface area contributed by atoms with Crippen molar-refractivity contribution in [3.8, 4) is 0 Å². The van der Waals surface area contributed by atoms with E-state index < -0.39 is 0 Å². The Hall–Kier alpha value is -2.41. The molecule has 1 aromatic heterocycles. The molecular formula is C19H22ClN5O2. The van der Waals surface area contributed by atoms with E-state index in [0.717, 1.165) is 43.9 Å². The first-order valence-corrected chi connectivity index (χ1v) is 9.80. The van der Waals surface area contributed by atoms with Gasteiger partial charge in [0.25, 0.3) is 5.91 Å². The van der Waals surface area contributed by atoms with Crippen LogP contribution < -0.4 is 10.2 Å². The highest BCUT2D eigenvalue weighted by Gasteiger charge is 2.24. The molecule has 142 valence electrons. The van der Waals surface area contributed by atoms with Crippen molar-refractivity contribution in [1.82, 2.24) is 20.1 Å². The summed E-state index contributed by atoms with van der Waals surface area (Å²) in [6.45, 7) is 1.86. The summed E-state index contributed by atoms with van der Waals surface area (Å²) in [5.41, 5.74) is 1.08. The second-order valence-corrected chi connectivity index (χ2v) is 7.40. The average molecular weight is 388 g/mol. The number of aromatic nitrogens is 3. The van der Waals surface area contributed by atoms with Gasteiger partial charge in [-0.05, 0) is 37.5 Å². The van der Waals surface area contributed by atoms with E-state index in [1.165, 1.54) is 6.42 Å². The number of carbonyl (C=O) groups excluding carboxylic acids is 2. The van der Waals surface area contributed by atoms with Crippen LogP contribution in [0.4, 0.5) is 5.69 Å². The summed E-state index contributed by atoms with van der Waals surface area (Å²) >= 11 is 6.25. The summed E-state index contributed by atoms with van der Waals surface area (Å²) < 4.78 is 2.11. The number of rotatable bonds is 4. The number of halogens is 1. The van der Waals surface area contributed by atoms with Crippen LogP contribution in [-0.2, 0) is 24.3 Å². The number of benzene rings is 1. The Labute approximate surface area is 162 Å². The third-order valence-corrected chi connectivity index (χ3v) is 5.49. The minimum absolute atomic E-state index is 0.0422. The lowest BCUT2D eigenvalue weighted by Crippen LogP contribution is -2.27. The number of hydrogen-bond donors (Lipinski definition) is 1. The van der Waals surface area contributed by atoms with Crippen molar-refractivity contribution in [3.05, 3.63) is 40.4 Å². The van der Waals surface area contributed by atoms with Crippen LogP contribution in [-0.4, -0.2) is 33.1 Å². The smallest absolute Gasteiger partial charge is 0.251 e. The molecule has 27 heavy (non-hydrogen) atoms. The van der Waals surface area contributed by atoms with Gasteiger partial charge in [0.05, 0.1) is 17.3 Å². The van der Waals surface area contributed by atoms with Gasteiger partial charge in [0, 0.05) is 31.5 Å². The van der Waals surface area contributed by atoms with Crippen LogP contribution in [0.3, 0.4) is 0 Å². The number of nitrogens with zero attached hydrogens (tertiary/aromatic N) is 4. The lowest BCUT2D eigenvalue weighted by Gasteiger charge is -2.18. The highest BCUT2D eigenvalue weighted by atomic mass is 35.5. The maximum Gasteiger partial charge on any atom is 0.251 e. The summed E-state index contributed by atoms with van der Waals surface area (Å²) in [5, 5.41) is 11.9. The number of carbonyl (C=O) groups is 2. The van der Waals surface area contributed by atoms with Gasteiger partial charge in [-0.2, -0.15) is 0 Å². The van der Waals surface area contributed by atoms with Crippen LogP contribution in [0.2, 0.25) is 5.02 Å². The molecule has 1 saturated heterocycles. The van der Waals surface area contributed by atoms with Gasteiger partial charge in [-0.25, -0.2) is 0 Å². The summed E-state index contributed by atoms with van der Waals surface area (Å²) in [6, 6.07) is 5.03. The lowest BCUT2D eigenvalue weighted by atomic mass is 10.1. The van der Waals surface area contributed by atoms with Crippen LogP contribution in [0.25, 0.3) is 0 Å². The second kappa shape index (κ2) is 7.68. The Bertz CT molecular complexity index is 879.